The monoisotopic (exact) mass is 309 g/mol. The average molecular weight is 309 g/mol. The van der Waals surface area contributed by atoms with Gasteiger partial charge in [0, 0.05) is 7.11 Å². The molecule has 21 heavy (non-hydrogen) atoms. The number of nitrogens with zero attached hydrogens (tertiary/aromatic N) is 1. The van der Waals surface area contributed by atoms with Gasteiger partial charge in [0.25, 0.3) is 0 Å². The zero-order valence-electron chi connectivity index (χ0n) is 11.5. The Morgan fingerprint density at radius 1 is 1.48 bits per heavy atom. The van der Waals surface area contributed by atoms with E-state index < -0.39 is 18.1 Å². The summed E-state index contributed by atoms with van der Waals surface area (Å²) in [6.07, 6.45) is -1.08. The van der Waals surface area contributed by atoms with Crippen LogP contribution in [0.1, 0.15) is 5.56 Å². The van der Waals surface area contributed by atoms with Gasteiger partial charge in [-0.1, -0.05) is 17.4 Å². The van der Waals surface area contributed by atoms with Crippen molar-refractivity contribution in [2.24, 2.45) is 0 Å². The summed E-state index contributed by atoms with van der Waals surface area (Å²) >= 11 is 1.36. The quantitative estimate of drug-likeness (QED) is 0.782. The van der Waals surface area contributed by atoms with E-state index in [1.54, 1.807) is 0 Å². The molecule has 0 saturated heterocycles. The van der Waals surface area contributed by atoms with Crippen LogP contribution >= 0.6 is 11.3 Å². The maximum absolute atomic E-state index is 11.7. The predicted molar refractivity (Wildman–Crippen MR) is 79.8 cm³/mol. The van der Waals surface area contributed by atoms with Gasteiger partial charge in [-0.15, -0.1) is 0 Å². The Morgan fingerprint density at radius 2 is 2.24 bits per heavy atom. The fourth-order valence-electron chi connectivity index (χ4n) is 1.68. The topological polar surface area (TPSA) is 101 Å². The van der Waals surface area contributed by atoms with E-state index in [0.717, 1.165) is 15.8 Å². The first kappa shape index (κ1) is 15.2. The summed E-state index contributed by atoms with van der Waals surface area (Å²) in [7, 11) is 1.27. The molecule has 7 nitrogen and oxygen atoms in total. The highest BCUT2D eigenvalue weighted by Crippen LogP contribution is 2.26. The number of carbonyl (C=O) groups is 2. The number of fused-ring (bicyclic) bond motifs is 1. The smallest absolute Gasteiger partial charge is 0.334 e. The number of aliphatic carboxylic acids is 1. The molecule has 3 N–H and O–H groups in total. The van der Waals surface area contributed by atoms with Gasteiger partial charge in [0.2, 0.25) is 0 Å². The van der Waals surface area contributed by atoms with Gasteiger partial charge in [-0.3, -0.25) is 5.32 Å². The lowest BCUT2D eigenvalue weighted by molar-refractivity contribution is -0.147. The minimum absolute atomic E-state index is 0.123. The number of hydrogen-bond acceptors (Lipinski definition) is 5. The molecule has 1 atom stereocenters. The van der Waals surface area contributed by atoms with Crippen molar-refractivity contribution < 1.29 is 19.4 Å². The number of aryl methyl sites for hydroxylation is 1. The first-order chi connectivity index (χ1) is 9.99. The van der Waals surface area contributed by atoms with Gasteiger partial charge < -0.3 is 15.2 Å². The van der Waals surface area contributed by atoms with E-state index in [1.807, 2.05) is 25.1 Å². The first-order valence-corrected chi connectivity index (χ1v) is 6.99. The number of urea groups is 1. The number of methoxy groups -OCH3 is 1. The molecule has 0 saturated carbocycles. The predicted octanol–water partition coefficient (Wildman–Crippen LogP) is 1.83. The molecule has 112 valence electrons. The summed E-state index contributed by atoms with van der Waals surface area (Å²) in [6.45, 7) is 1.86. The number of amides is 2. The number of benzene rings is 1. The van der Waals surface area contributed by atoms with Gasteiger partial charge in [0.15, 0.2) is 11.2 Å². The number of ether oxygens (including phenoxy) is 1. The maximum Gasteiger partial charge on any atom is 0.334 e. The van der Waals surface area contributed by atoms with Crippen molar-refractivity contribution in [3.8, 4) is 0 Å². The summed E-state index contributed by atoms with van der Waals surface area (Å²) in [5.74, 6) is -1.13. The second kappa shape index (κ2) is 6.51. The molecule has 2 rings (SSSR count). The van der Waals surface area contributed by atoms with Gasteiger partial charge in [0.1, 0.15) is 0 Å². The van der Waals surface area contributed by atoms with E-state index in [0.29, 0.717) is 5.13 Å². The molecule has 2 amide bonds. The SMILES string of the molecule is COC(CNC(=O)Nc1nc2ccc(C)cc2s1)C(=O)O. The Hall–Kier alpha value is -2.19. The molecular formula is C13H15N3O4S. The average Bonchev–Trinajstić information content (AvgIpc) is 2.80. The minimum atomic E-state index is -1.13. The standard InChI is InChI=1S/C13H15N3O4S/c1-7-3-4-8-10(5-7)21-13(15-8)16-12(19)14-6-9(20-2)11(17)18/h3-5,9H,6H2,1-2H3,(H,17,18)(H2,14,15,16,19). The third-order valence-electron chi connectivity index (χ3n) is 2.77. The number of carboxylic acid groups (broad SMARTS) is 1. The Morgan fingerprint density at radius 3 is 2.90 bits per heavy atom. The van der Waals surface area contributed by atoms with Crippen LogP contribution in [0.2, 0.25) is 0 Å². The number of thiazole rings is 1. The molecule has 1 aromatic carbocycles. The van der Waals surface area contributed by atoms with Crippen molar-refractivity contribution in [2.45, 2.75) is 13.0 Å². The summed E-state index contributed by atoms with van der Waals surface area (Å²) in [5, 5.41) is 14.3. The van der Waals surface area contributed by atoms with Gasteiger partial charge in [0.05, 0.1) is 16.8 Å². The number of anilines is 1. The van der Waals surface area contributed by atoms with Crippen LogP contribution < -0.4 is 10.6 Å². The fraction of sp³-hybridized carbons (Fsp3) is 0.308. The summed E-state index contributed by atoms with van der Waals surface area (Å²) < 4.78 is 5.70. The summed E-state index contributed by atoms with van der Waals surface area (Å²) in [6, 6.07) is 5.30. The van der Waals surface area contributed by atoms with Crippen molar-refractivity contribution in [3.63, 3.8) is 0 Å². The zero-order chi connectivity index (χ0) is 15.4. The highest BCUT2D eigenvalue weighted by atomic mass is 32.1. The molecule has 2 aromatic rings. The third kappa shape index (κ3) is 3.89. The largest absolute Gasteiger partial charge is 0.479 e. The lowest BCUT2D eigenvalue weighted by atomic mass is 10.2. The lowest BCUT2D eigenvalue weighted by Gasteiger charge is -2.11. The van der Waals surface area contributed by atoms with Gasteiger partial charge in [-0.25, -0.2) is 14.6 Å². The van der Waals surface area contributed by atoms with Crippen molar-refractivity contribution in [1.29, 1.82) is 0 Å². The van der Waals surface area contributed by atoms with Crippen molar-refractivity contribution in [1.82, 2.24) is 10.3 Å². The van der Waals surface area contributed by atoms with Gasteiger partial charge >= 0.3 is 12.0 Å². The molecule has 8 heteroatoms. The molecule has 0 spiro atoms. The highest BCUT2D eigenvalue weighted by molar-refractivity contribution is 7.22. The van der Waals surface area contributed by atoms with E-state index in [9.17, 15) is 9.59 Å². The number of hydrogen-bond donors (Lipinski definition) is 3. The number of nitrogens with one attached hydrogen (secondary N) is 2. The molecule has 0 fully saturated rings. The molecule has 0 radical (unpaired) electrons. The third-order valence-corrected chi connectivity index (χ3v) is 3.71. The van der Waals surface area contributed by atoms with Crippen LogP contribution in [0, 0.1) is 6.92 Å². The molecule has 0 bridgehead atoms. The normalized spacial score (nSPS) is 12.1. The molecule has 1 unspecified atom stereocenters. The Bertz CT molecular complexity index is 670. The molecule has 0 aliphatic heterocycles. The highest BCUT2D eigenvalue weighted by Gasteiger charge is 2.17. The zero-order valence-corrected chi connectivity index (χ0v) is 12.4. The van der Waals surface area contributed by atoms with E-state index >= 15 is 0 Å². The Labute approximate surface area is 124 Å². The number of aromatic nitrogens is 1. The fourth-order valence-corrected chi connectivity index (χ4v) is 2.64. The van der Waals surface area contributed by atoms with E-state index in [1.165, 1.54) is 18.4 Å². The number of rotatable bonds is 5. The van der Waals surface area contributed by atoms with Crippen LogP contribution in [-0.4, -0.2) is 41.8 Å². The van der Waals surface area contributed by atoms with Crippen molar-refractivity contribution in [3.05, 3.63) is 23.8 Å². The van der Waals surface area contributed by atoms with Crippen LogP contribution in [0.15, 0.2) is 18.2 Å². The van der Waals surface area contributed by atoms with Crippen LogP contribution in [0.5, 0.6) is 0 Å². The van der Waals surface area contributed by atoms with Crippen LogP contribution in [-0.2, 0) is 9.53 Å². The number of carbonyl (C=O) groups excluding carboxylic acids is 1. The van der Waals surface area contributed by atoms with E-state index in [-0.39, 0.29) is 6.54 Å². The first-order valence-electron chi connectivity index (χ1n) is 6.17. The van der Waals surface area contributed by atoms with Crippen molar-refractivity contribution >= 4 is 38.7 Å². The maximum atomic E-state index is 11.7. The van der Waals surface area contributed by atoms with E-state index in [4.69, 9.17) is 9.84 Å². The summed E-state index contributed by atoms with van der Waals surface area (Å²) in [4.78, 5) is 26.7. The molecule has 1 heterocycles. The molecular weight excluding hydrogens is 294 g/mol. The number of carboxylic acids is 1. The Balaban J connectivity index is 1.96. The van der Waals surface area contributed by atoms with E-state index in [2.05, 4.69) is 15.6 Å². The van der Waals surface area contributed by atoms with Crippen molar-refractivity contribution in [2.75, 3.05) is 19.0 Å². The molecule has 1 aromatic heterocycles. The minimum Gasteiger partial charge on any atom is -0.479 e. The van der Waals surface area contributed by atoms with Gasteiger partial charge in [-0.2, -0.15) is 0 Å². The molecule has 0 aliphatic rings. The Kier molecular flexibility index (Phi) is 4.71. The molecule has 0 aliphatic carbocycles. The lowest BCUT2D eigenvalue weighted by Crippen LogP contribution is -2.39. The summed E-state index contributed by atoms with van der Waals surface area (Å²) in [5.41, 5.74) is 1.92. The van der Waals surface area contributed by atoms with Crippen LogP contribution in [0.4, 0.5) is 9.93 Å². The second-order valence-corrected chi connectivity index (χ2v) is 5.42. The second-order valence-electron chi connectivity index (χ2n) is 4.39. The van der Waals surface area contributed by atoms with Crippen LogP contribution in [0.25, 0.3) is 10.2 Å². The van der Waals surface area contributed by atoms with Gasteiger partial charge in [-0.05, 0) is 24.6 Å². The van der Waals surface area contributed by atoms with Crippen LogP contribution in [0.3, 0.4) is 0 Å².